The van der Waals surface area contributed by atoms with Crippen molar-refractivity contribution >= 4 is 5.97 Å². The molecule has 0 radical (unpaired) electrons. The molecule has 3 atom stereocenters. The topological polar surface area (TPSA) is 76.0 Å². The Morgan fingerprint density at radius 2 is 1.48 bits per heavy atom. The fraction of sp³-hybridized carbons (Fsp3) is 0.750. The predicted molar refractivity (Wildman–Crippen MR) is 62.5 cm³/mol. The Bertz CT molecular complexity index is 629. The SMILES string of the molecule is C=CC(=O)OCC1(C)OC(O)(C(F)(F)F)C(F)(F)C(O)(C(F)(F)F)C1(F)F. The molecule has 0 bridgehead atoms. The van der Waals surface area contributed by atoms with Crippen LogP contribution < -0.4 is 0 Å². The molecule has 0 spiro atoms. The van der Waals surface area contributed by atoms with Gasteiger partial charge in [0.15, 0.2) is 5.60 Å². The summed E-state index contributed by atoms with van der Waals surface area (Å²) in [5, 5.41) is 18.4. The van der Waals surface area contributed by atoms with Gasteiger partial charge < -0.3 is 19.7 Å². The molecule has 0 aliphatic carbocycles. The lowest BCUT2D eigenvalue weighted by atomic mass is 9.72. The van der Waals surface area contributed by atoms with Crippen LogP contribution in [0.2, 0.25) is 0 Å². The van der Waals surface area contributed by atoms with Crippen LogP contribution in [0.4, 0.5) is 43.9 Å². The fourth-order valence-corrected chi connectivity index (χ4v) is 2.26. The maximum Gasteiger partial charge on any atom is 0.449 e. The molecule has 5 nitrogen and oxygen atoms in total. The molecule has 158 valence electrons. The summed E-state index contributed by atoms with van der Waals surface area (Å²) in [6.45, 7) is 0.264. The van der Waals surface area contributed by atoms with Gasteiger partial charge >= 0.3 is 36.0 Å². The van der Waals surface area contributed by atoms with E-state index in [1.807, 2.05) is 0 Å². The largest absolute Gasteiger partial charge is 0.459 e. The minimum Gasteiger partial charge on any atom is -0.459 e. The average Bonchev–Trinajstić information content (AvgIpc) is 2.47. The minimum atomic E-state index is -7.10. The lowest BCUT2D eigenvalue weighted by molar-refractivity contribution is -0.559. The van der Waals surface area contributed by atoms with Crippen molar-refractivity contribution in [1.82, 2.24) is 0 Å². The molecule has 1 fully saturated rings. The maximum absolute atomic E-state index is 14.3. The number of carbonyl (C=O) groups is 1. The van der Waals surface area contributed by atoms with E-state index in [-0.39, 0.29) is 13.0 Å². The number of esters is 1. The monoisotopic (exact) mass is 424 g/mol. The van der Waals surface area contributed by atoms with Crippen LogP contribution in [0.3, 0.4) is 0 Å². The van der Waals surface area contributed by atoms with Crippen LogP contribution in [-0.4, -0.2) is 64.0 Å². The van der Waals surface area contributed by atoms with Crippen molar-refractivity contribution in [1.29, 1.82) is 0 Å². The third-order valence-corrected chi connectivity index (χ3v) is 3.82. The zero-order valence-electron chi connectivity index (χ0n) is 12.9. The third-order valence-electron chi connectivity index (χ3n) is 3.82. The van der Waals surface area contributed by atoms with E-state index in [4.69, 9.17) is 0 Å². The van der Waals surface area contributed by atoms with Gasteiger partial charge in [0.25, 0.3) is 5.60 Å². The van der Waals surface area contributed by atoms with E-state index in [1.54, 1.807) is 0 Å². The molecular formula is C12H10F10O5. The van der Waals surface area contributed by atoms with Crippen LogP contribution in [-0.2, 0) is 14.3 Å². The first-order valence-electron chi connectivity index (χ1n) is 6.49. The molecule has 0 amide bonds. The Balaban J connectivity index is 3.81. The van der Waals surface area contributed by atoms with Crippen molar-refractivity contribution in [3.05, 3.63) is 12.7 Å². The van der Waals surface area contributed by atoms with Crippen molar-refractivity contribution < 1.29 is 68.4 Å². The Labute approximate surface area is 143 Å². The van der Waals surface area contributed by atoms with Crippen LogP contribution in [0.25, 0.3) is 0 Å². The molecular weight excluding hydrogens is 414 g/mol. The lowest BCUT2D eigenvalue weighted by Gasteiger charge is -2.58. The molecule has 1 heterocycles. The standard InChI is InChI=1S/C12H10F10O5/c1-3-5(23)26-4-6(2)8(13,14)7(24,11(17,18)19)9(15,16)10(25,27-6)12(20,21)22/h3,24-25H,1,4H2,2H3. The molecule has 1 saturated heterocycles. The van der Waals surface area contributed by atoms with E-state index < -0.39 is 53.8 Å². The first kappa shape index (κ1) is 23.4. The molecule has 1 rings (SSSR count). The maximum atomic E-state index is 14.3. The van der Waals surface area contributed by atoms with Crippen molar-refractivity contribution in [2.45, 2.75) is 48.1 Å². The summed E-state index contributed by atoms with van der Waals surface area (Å²) in [7, 11) is 0. The summed E-state index contributed by atoms with van der Waals surface area (Å²) in [5.74, 6) is -21.2. The van der Waals surface area contributed by atoms with Gasteiger partial charge in [-0.05, 0) is 6.92 Å². The summed E-state index contributed by atoms with van der Waals surface area (Å²) in [6, 6.07) is 0. The average molecular weight is 424 g/mol. The predicted octanol–water partition coefficient (Wildman–Crippen LogP) is 2.32. The molecule has 0 aromatic heterocycles. The summed E-state index contributed by atoms with van der Waals surface area (Å²) in [4.78, 5) is 10.9. The molecule has 0 aromatic carbocycles. The van der Waals surface area contributed by atoms with Gasteiger partial charge in [0.2, 0.25) is 0 Å². The summed E-state index contributed by atoms with van der Waals surface area (Å²) in [6.07, 6.45) is -13.6. The number of hydrogen-bond acceptors (Lipinski definition) is 5. The van der Waals surface area contributed by atoms with E-state index in [1.165, 1.54) is 0 Å². The van der Waals surface area contributed by atoms with E-state index in [2.05, 4.69) is 16.1 Å². The van der Waals surface area contributed by atoms with Gasteiger partial charge in [-0.2, -0.15) is 43.9 Å². The Kier molecular flexibility index (Phi) is 5.16. The molecule has 27 heavy (non-hydrogen) atoms. The van der Waals surface area contributed by atoms with Crippen LogP contribution in [0.5, 0.6) is 0 Å². The molecule has 1 aliphatic rings. The quantitative estimate of drug-likeness (QED) is 0.413. The van der Waals surface area contributed by atoms with Crippen LogP contribution in [0.15, 0.2) is 12.7 Å². The van der Waals surface area contributed by atoms with E-state index >= 15 is 0 Å². The highest BCUT2D eigenvalue weighted by Crippen LogP contribution is 2.65. The number of aliphatic hydroxyl groups is 2. The minimum absolute atomic E-state index is 0.255. The van der Waals surface area contributed by atoms with Crippen molar-refractivity contribution in [2.24, 2.45) is 0 Å². The molecule has 1 aliphatic heterocycles. The highest BCUT2D eigenvalue weighted by Gasteiger charge is 2.97. The van der Waals surface area contributed by atoms with E-state index in [0.717, 1.165) is 0 Å². The molecule has 3 unspecified atom stereocenters. The smallest absolute Gasteiger partial charge is 0.449 e. The van der Waals surface area contributed by atoms with Crippen molar-refractivity contribution in [3.63, 3.8) is 0 Å². The van der Waals surface area contributed by atoms with Crippen LogP contribution in [0, 0.1) is 0 Å². The second-order valence-corrected chi connectivity index (χ2v) is 5.64. The van der Waals surface area contributed by atoms with E-state index in [0.29, 0.717) is 0 Å². The van der Waals surface area contributed by atoms with Gasteiger partial charge in [-0.25, -0.2) is 4.79 Å². The number of ether oxygens (including phenoxy) is 2. The second kappa shape index (κ2) is 5.94. The zero-order valence-corrected chi connectivity index (χ0v) is 12.9. The Morgan fingerprint density at radius 1 is 1.04 bits per heavy atom. The number of carbonyl (C=O) groups excluding carboxylic acids is 1. The van der Waals surface area contributed by atoms with Gasteiger partial charge in [-0.1, -0.05) is 6.58 Å². The van der Waals surface area contributed by atoms with Gasteiger partial charge in [-0.3, -0.25) is 0 Å². The molecule has 0 aromatic rings. The third kappa shape index (κ3) is 2.77. The van der Waals surface area contributed by atoms with Crippen LogP contribution >= 0.6 is 0 Å². The lowest BCUT2D eigenvalue weighted by Crippen LogP contribution is -2.88. The summed E-state index contributed by atoms with van der Waals surface area (Å²) < 4.78 is 141. The number of hydrogen-bond donors (Lipinski definition) is 2. The van der Waals surface area contributed by atoms with E-state index in [9.17, 15) is 58.9 Å². The van der Waals surface area contributed by atoms with Gasteiger partial charge in [0.1, 0.15) is 6.61 Å². The molecule has 2 N–H and O–H groups in total. The zero-order chi connectivity index (χ0) is 21.9. The fourth-order valence-electron chi connectivity index (χ4n) is 2.26. The first-order chi connectivity index (χ1) is 11.7. The number of rotatable bonds is 3. The Hall–Kier alpha value is -1.61. The number of alkyl halides is 10. The van der Waals surface area contributed by atoms with Crippen LogP contribution in [0.1, 0.15) is 6.92 Å². The molecule has 0 saturated carbocycles. The second-order valence-electron chi connectivity index (χ2n) is 5.64. The van der Waals surface area contributed by atoms with Gasteiger partial charge in [0.05, 0.1) is 0 Å². The summed E-state index contributed by atoms with van der Waals surface area (Å²) >= 11 is 0. The van der Waals surface area contributed by atoms with Crippen molar-refractivity contribution in [3.8, 4) is 0 Å². The molecule has 15 heteroatoms. The number of halogens is 10. The highest BCUT2D eigenvalue weighted by molar-refractivity contribution is 5.81. The first-order valence-corrected chi connectivity index (χ1v) is 6.49. The van der Waals surface area contributed by atoms with Gasteiger partial charge in [0, 0.05) is 6.08 Å². The Morgan fingerprint density at radius 3 is 1.81 bits per heavy atom. The highest BCUT2D eigenvalue weighted by atomic mass is 19.4. The van der Waals surface area contributed by atoms with Gasteiger partial charge in [-0.15, -0.1) is 0 Å². The summed E-state index contributed by atoms with van der Waals surface area (Å²) in [5.41, 5.74) is -11.2. The normalized spacial score (nSPS) is 36.2. The van der Waals surface area contributed by atoms with Crippen molar-refractivity contribution in [2.75, 3.05) is 6.61 Å².